The predicted octanol–water partition coefficient (Wildman–Crippen LogP) is 0.917. The molecular formula is C91H150N10O38. The molecule has 139 heavy (non-hydrogen) atoms. The van der Waals surface area contributed by atoms with Crippen molar-refractivity contribution >= 4 is 113 Å². The minimum absolute atomic E-state index is 0.00993. The van der Waals surface area contributed by atoms with E-state index in [1.165, 1.54) is 27.7 Å². The maximum atomic E-state index is 14.1. The van der Waals surface area contributed by atoms with E-state index in [2.05, 4.69) is 53.2 Å². The number of carboxylic acid groups (broad SMARTS) is 1. The first-order valence-corrected chi connectivity index (χ1v) is 47.5. The summed E-state index contributed by atoms with van der Waals surface area (Å²) in [6, 6.07) is -3.44. The van der Waals surface area contributed by atoms with Crippen LogP contribution in [0.4, 0.5) is 0 Å². The van der Waals surface area contributed by atoms with Gasteiger partial charge in [-0.2, -0.15) is 0 Å². The van der Waals surface area contributed by atoms with E-state index in [1.54, 1.807) is 0 Å². The van der Waals surface area contributed by atoms with Crippen molar-refractivity contribution in [2.24, 2.45) is 0 Å². The highest BCUT2D eigenvalue weighted by Gasteiger charge is 2.55. The van der Waals surface area contributed by atoms with Crippen molar-refractivity contribution in [3.8, 4) is 0 Å². The van der Waals surface area contributed by atoms with E-state index in [1.807, 2.05) is 0 Å². The number of carbonyl (C=O) groups is 19. The number of carboxylic acids is 1. The second-order valence-electron chi connectivity index (χ2n) is 33.8. The fourth-order valence-corrected chi connectivity index (χ4v) is 14.8. The van der Waals surface area contributed by atoms with Crippen LogP contribution in [-0.4, -0.2) is 341 Å². The van der Waals surface area contributed by atoms with Crippen molar-refractivity contribution < 1.29 is 181 Å². The molecule has 15 atom stereocenters. The highest BCUT2D eigenvalue weighted by Crippen LogP contribution is 2.32. The van der Waals surface area contributed by atoms with E-state index in [0.29, 0.717) is 96.7 Å². The second-order valence-corrected chi connectivity index (χ2v) is 33.8. The lowest BCUT2D eigenvalue weighted by atomic mass is 9.96. The standard InChI is InChI=1S/C91H150N10O38/c1-57(102)98-79-85(134-66(10)111)82(131-63(7)108)69(51-128-60(4)105)137-88(79)125-45-25-19-24-38-92-39-28-40-95-74(116)35-48-122-54-91(101-77(119)33-20-17-15-13-14-16-18-21-34-78(120)121,55-123-49-36-75(117)96-43-29-41-93-72(114)31-22-26-46-126-89-80(99-58(2)103)86(135-67(11)112)83(132-64(8)109)70(138-89)52-129-61(5)106)56-124-50-37-76(118)97-44-30-42-94-73(115)32-23-27-47-127-90-81(100-59(3)104)87(136-68(12)113)84(133-65(9)110)71(139-90)53-130-62(6)107/h69-71,79-90,92H,13-56H2,1-12H3,(H,93,114)(H,94,115)(H,95,116)(H,96,117)(H,97,118)(H,98,102)(H,99,103)(H,100,104)(H,101,119)(H,120,121)/t69?,70?,71?,79?,80?,81?,82-,83-,84-,85?,86?,87?,88-,89-,90-,91?/m1/s1. The summed E-state index contributed by atoms with van der Waals surface area (Å²) < 4.78 is 103. The largest absolute Gasteiger partial charge is 0.481 e. The maximum absolute atomic E-state index is 14.1. The topological polar surface area (TPSA) is 631 Å². The Labute approximate surface area is 810 Å². The van der Waals surface area contributed by atoms with Crippen LogP contribution in [-0.2, 0) is 176 Å². The van der Waals surface area contributed by atoms with Crippen molar-refractivity contribution in [1.29, 1.82) is 0 Å². The minimum Gasteiger partial charge on any atom is -0.481 e. The Balaban J connectivity index is 1.66. The lowest BCUT2D eigenvalue weighted by Gasteiger charge is -2.44. The molecule has 48 nitrogen and oxygen atoms in total. The van der Waals surface area contributed by atoms with Gasteiger partial charge in [0.1, 0.15) is 61.8 Å². The Morgan fingerprint density at radius 2 is 0.518 bits per heavy atom. The number of esters is 9. The number of nitrogens with one attached hydrogen (secondary N) is 10. The average Bonchev–Trinajstić information content (AvgIpc) is 0.793. The van der Waals surface area contributed by atoms with E-state index >= 15 is 0 Å². The summed E-state index contributed by atoms with van der Waals surface area (Å²) in [5.74, 6) is -11.1. The lowest BCUT2D eigenvalue weighted by Crippen LogP contribution is -2.66. The Bertz CT molecular complexity index is 3680. The van der Waals surface area contributed by atoms with Gasteiger partial charge >= 0.3 is 59.7 Å². The molecule has 0 aromatic heterocycles. The summed E-state index contributed by atoms with van der Waals surface area (Å²) in [4.78, 5) is 236. The molecule has 0 spiro atoms. The Hall–Kier alpha value is -10.5. The number of rotatable bonds is 73. The normalized spacial score (nSPS) is 21.3. The molecule has 0 bridgehead atoms. The second kappa shape index (κ2) is 71.0. The smallest absolute Gasteiger partial charge is 0.303 e. The minimum atomic E-state index is -1.45. The molecule has 9 unspecified atom stereocenters. The van der Waals surface area contributed by atoms with E-state index in [0.717, 1.165) is 93.9 Å². The van der Waals surface area contributed by atoms with Crippen LogP contribution in [0.3, 0.4) is 0 Å². The maximum Gasteiger partial charge on any atom is 0.303 e. The Kier molecular flexibility index (Phi) is 62.7. The van der Waals surface area contributed by atoms with Gasteiger partial charge < -0.3 is 144 Å². The Morgan fingerprint density at radius 3 is 0.813 bits per heavy atom. The molecule has 3 aliphatic rings. The first-order chi connectivity index (χ1) is 66.2. The third-order valence-electron chi connectivity index (χ3n) is 21.0. The van der Waals surface area contributed by atoms with E-state index in [-0.39, 0.29) is 161 Å². The Morgan fingerprint density at radius 1 is 0.266 bits per heavy atom. The van der Waals surface area contributed by atoms with Crippen molar-refractivity contribution in [2.45, 2.75) is 341 Å². The number of aliphatic carboxylic acids is 1. The molecule has 0 aliphatic carbocycles. The fourth-order valence-electron chi connectivity index (χ4n) is 14.8. The highest BCUT2D eigenvalue weighted by atomic mass is 16.7. The van der Waals surface area contributed by atoms with E-state index in [4.69, 9.17) is 90.4 Å². The molecule has 792 valence electrons. The molecule has 3 rings (SSSR count). The lowest BCUT2D eigenvalue weighted by molar-refractivity contribution is -0.277. The zero-order chi connectivity index (χ0) is 103. The van der Waals surface area contributed by atoms with Crippen LogP contribution in [0.5, 0.6) is 0 Å². The van der Waals surface area contributed by atoms with Gasteiger partial charge in [-0.1, -0.05) is 38.5 Å². The van der Waals surface area contributed by atoms with Gasteiger partial charge in [-0.15, -0.1) is 0 Å². The van der Waals surface area contributed by atoms with Gasteiger partial charge in [0.25, 0.3) is 0 Å². The molecule has 3 heterocycles. The summed E-state index contributed by atoms with van der Waals surface area (Å²) in [6.07, 6.45) is -4.43. The van der Waals surface area contributed by atoms with Crippen LogP contribution in [0.25, 0.3) is 0 Å². The third kappa shape index (κ3) is 56.5. The predicted molar refractivity (Wildman–Crippen MR) is 484 cm³/mol. The summed E-state index contributed by atoms with van der Waals surface area (Å²) >= 11 is 0. The number of ether oxygens (including phenoxy) is 18. The van der Waals surface area contributed by atoms with Crippen molar-refractivity contribution in [2.75, 3.05) is 125 Å². The van der Waals surface area contributed by atoms with Gasteiger partial charge in [0.15, 0.2) is 55.5 Å². The molecule has 11 N–H and O–H groups in total. The van der Waals surface area contributed by atoms with Crippen LogP contribution in [0, 0.1) is 0 Å². The first kappa shape index (κ1) is 123. The summed E-state index contributed by atoms with van der Waals surface area (Å²) in [5, 5.41) is 37.4. The van der Waals surface area contributed by atoms with Crippen LogP contribution in [0.2, 0.25) is 0 Å². The molecule has 48 heteroatoms. The third-order valence-corrected chi connectivity index (χ3v) is 21.0. The van der Waals surface area contributed by atoms with Gasteiger partial charge in [0.05, 0.1) is 39.6 Å². The molecule has 3 saturated heterocycles. The van der Waals surface area contributed by atoms with Crippen molar-refractivity contribution in [3.05, 3.63) is 0 Å². The molecule has 0 aromatic carbocycles. The van der Waals surface area contributed by atoms with Crippen LogP contribution >= 0.6 is 0 Å². The molecule has 0 aromatic rings. The van der Waals surface area contributed by atoms with E-state index in [9.17, 15) is 91.1 Å². The molecule has 9 amide bonds. The van der Waals surface area contributed by atoms with Gasteiger partial charge in [-0.3, -0.25) is 91.1 Å². The molecule has 0 saturated carbocycles. The molecule has 3 aliphatic heterocycles. The summed E-state index contributed by atoms with van der Waals surface area (Å²) in [5.41, 5.74) is -1.45. The summed E-state index contributed by atoms with van der Waals surface area (Å²) in [6.45, 7) is 13.8. The number of carbonyl (C=O) groups excluding carboxylic acids is 18. The van der Waals surface area contributed by atoms with Gasteiger partial charge in [-0.05, 0) is 90.1 Å². The van der Waals surface area contributed by atoms with Crippen molar-refractivity contribution in [3.63, 3.8) is 0 Å². The number of unbranched alkanes of at least 4 members (excludes halogenated alkanes) is 11. The van der Waals surface area contributed by atoms with Crippen LogP contribution < -0.4 is 53.2 Å². The number of amides is 9. The average molecular weight is 1990 g/mol. The monoisotopic (exact) mass is 1990 g/mol. The highest BCUT2D eigenvalue weighted by molar-refractivity contribution is 5.80. The van der Waals surface area contributed by atoms with Gasteiger partial charge in [0, 0.05) is 181 Å². The fraction of sp³-hybridized carbons (Fsp3) is 0.791. The number of hydrogen-bond acceptors (Lipinski definition) is 38. The SMILES string of the molecule is CC(=O)NC1C(OC(C)=O)[C@H](OC(C)=O)C(COC(C)=O)O[C@H]1OCCCCCNCCCNC(=O)CCOCC(COCCC(=O)NCCCNC(=O)CCCCO[C@@H]1OC(COC(C)=O)[C@@H](OC(C)=O)C(OC(C)=O)C1NC(C)=O)(COCCC(=O)NCCCNC(=O)CCCCO[C@@H]1OC(COC(C)=O)[C@@H](OC(C)=O)C(OC(C)=O)C1NC(C)=O)NC(=O)CCCCCCCCCCC(=O)O. The van der Waals surface area contributed by atoms with Crippen molar-refractivity contribution in [1.82, 2.24) is 53.2 Å². The summed E-state index contributed by atoms with van der Waals surface area (Å²) in [7, 11) is 0. The van der Waals surface area contributed by atoms with Gasteiger partial charge in [-0.25, -0.2) is 0 Å². The zero-order valence-corrected chi connectivity index (χ0v) is 82.3. The van der Waals surface area contributed by atoms with E-state index < -0.39 is 200 Å². The zero-order valence-electron chi connectivity index (χ0n) is 82.3. The van der Waals surface area contributed by atoms with Crippen LogP contribution in [0.15, 0.2) is 0 Å². The number of hydrogen-bond donors (Lipinski definition) is 11. The molecule has 0 radical (unpaired) electrons. The molecular weight excluding hydrogens is 1840 g/mol. The molecule has 3 fully saturated rings. The first-order valence-electron chi connectivity index (χ1n) is 47.5. The quantitative estimate of drug-likeness (QED) is 0.0229. The van der Waals surface area contributed by atoms with Crippen LogP contribution in [0.1, 0.15) is 244 Å². The van der Waals surface area contributed by atoms with Gasteiger partial charge in [0.2, 0.25) is 53.2 Å².